The molecular weight excluding hydrogens is 284 g/mol. The summed E-state index contributed by atoms with van der Waals surface area (Å²) in [5, 5.41) is 2.84. The monoisotopic (exact) mass is 300 g/mol. The van der Waals surface area contributed by atoms with E-state index < -0.39 is 0 Å². The molecule has 1 aromatic carbocycles. The van der Waals surface area contributed by atoms with Crippen LogP contribution in [0.1, 0.15) is 12.5 Å². The van der Waals surface area contributed by atoms with Gasteiger partial charge in [0.05, 0.1) is 12.8 Å². The molecule has 0 aliphatic carbocycles. The number of anilines is 1. The number of benzene rings is 1. The topological polar surface area (TPSA) is 64.3 Å². The SMILES string of the molecule is COc1cc(Br)cc(C)c1NC(=O)C(C)CN. The van der Waals surface area contributed by atoms with E-state index in [0.29, 0.717) is 18.0 Å². The second kappa shape index (κ2) is 6.02. The first-order chi connectivity index (χ1) is 7.99. The summed E-state index contributed by atoms with van der Waals surface area (Å²) in [6, 6.07) is 3.74. The molecule has 0 heterocycles. The van der Waals surface area contributed by atoms with Gasteiger partial charge in [0.25, 0.3) is 0 Å². The van der Waals surface area contributed by atoms with Crippen LogP contribution in [0.15, 0.2) is 16.6 Å². The largest absolute Gasteiger partial charge is 0.495 e. The van der Waals surface area contributed by atoms with E-state index >= 15 is 0 Å². The van der Waals surface area contributed by atoms with Crippen molar-refractivity contribution in [1.29, 1.82) is 0 Å². The van der Waals surface area contributed by atoms with Crippen LogP contribution < -0.4 is 15.8 Å². The van der Waals surface area contributed by atoms with Gasteiger partial charge in [0.1, 0.15) is 5.75 Å². The maximum Gasteiger partial charge on any atom is 0.228 e. The van der Waals surface area contributed by atoms with Crippen LogP contribution in [0.5, 0.6) is 5.75 Å². The van der Waals surface area contributed by atoms with Crippen molar-refractivity contribution in [3.05, 3.63) is 22.2 Å². The van der Waals surface area contributed by atoms with Crippen molar-refractivity contribution in [2.75, 3.05) is 19.0 Å². The summed E-state index contributed by atoms with van der Waals surface area (Å²) >= 11 is 3.38. The predicted molar refractivity (Wildman–Crippen MR) is 72.3 cm³/mol. The van der Waals surface area contributed by atoms with Crippen molar-refractivity contribution in [2.24, 2.45) is 11.7 Å². The lowest BCUT2D eigenvalue weighted by Gasteiger charge is -2.15. The van der Waals surface area contributed by atoms with E-state index in [1.54, 1.807) is 14.0 Å². The average Bonchev–Trinajstić information content (AvgIpc) is 2.30. The Morgan fingerprint density at radius 2 is 2.24 bits per heavy atom. The summed E-state index contributed by atoms with van der Waals surface area (Å²) in [7, 11) is 1.57. The van der Waals surface area contributed by atoms with E-state index in [-0.39, 0.29) is 11.8 Å². The van der Waals surface area contributed by atoms with Gasteiger partial charge in [0.15, 0.2) is 0 Å². The molecule has 4 nitrogen and oxygen atoms in total. The first-order valence-corrected chi connectivity index (χ1v) is 6.14. The molecule has 1 amide bonds. The number of methoxy groups -OCH3 is 1. The lowest BCUT2D eigenvalue weighted by Crippen LogP contribution is -2.27. The van der Waals surface area contributed by atoms with Gasteiger partial charge in [0.2, 0.25) is 5.91 Å². The standard InChI is InChI=1S/C12H17BrN2O2/c1-7-4-9(13)5-10(17-3)11(7)15-12(16)8(2)6-14/h4-5,8H,6,14H2,1-3H3,(H,15,16). The minimum absolute atomic E-state index is 0.101. The number of ether oxygens (including phenoxy) is 1. The van der Waals surface area contributed by atoms with E-state index in [4.69, 9.17) is 10.5 Å². The van der Waals surface area contributed by atoms with Gasteiger partial charge >= 0.3 is 0 Å². The smallest absolute Gasteiger partial charge is 0.228 e. The number of carbonyl (C=O) groups excluding carboxylic acids is 1. The van der Waals surface area contributed by atoms with Crippen molar-refractivity contribution in [1.82, 2.24) is 0 Å². The highest BCUT2D eigenvalue weighted by Gasteiger charge is 2.15. The number of amides is 1. The van der Waals surface area contributed by atoms with Crippen LogP contribution in [-0.2, 0) is 4.79 Å². The van der Waals surface area contributed by atoms with Gasteiger partial charge in [-0.3, -0.25) is 4.79 Å². The minimum Gasteiger partial charge on any atom is -0.495 e. The van der Waals surface area contributed by atoms with Gasteiger partial charge in [-0.25, -0.2) is 0 Å². The van der Waals surface area contributed by atoms with Crippen molar-refractivity contribution in [3.8, 4) is 5.75 Å². The number of aryl methyl sites for hydroxylation is 1. The molecule has 3 N–H and O–H groups in total. The number of halogens is 1. The lowest BCUT2D eigenvalue weighted by atomic mass is 10.1. The van der Waals surface area contributed by atoms with Crippen LogP contribution in [0.2, 0.25) is 0 Å². The Kier molecular flexibility index (Phi) is 4.96. The molecule has 0 aliphatic heterocycles. The van der Waals surface area contributed by atoms with Crippen LogP contribution in [-0.4, -0.2) is 19.6 Å². The number of hydrogen-bond donors (Lipinski definition) is 2. The minimum atomic E-state index is -0.220. The molecule has 0 radical (unpaired) electrons. The van der Waals surface area contributed by atoms with E-state index in [9.17, 15) is 4.79 Å². The fraction of sp³-hybridized carbons (Fsp3) is 0.417. The fourth-order valence-electron chi connectivity index (χ4n) is 1.39. The number of hydrogen-bond acceptors (Lipinski definition) is 3. The molecule has 0 spiro atoms. The molecule has 0 aromatic heterocycles. The molecule has 0 saturated carbocycles. The summed E-state index contributed by atoms with van der Waals surface area (Å²) in [5.41, 5.74) is 7.09. The first-order valence-electron chi connectivity index (χ1n) is 5.34. The lowest BCUT2D eigenvalue weighted by molar-refractivity contribution is -0.119. The van der Waals surface area contributed by atoms with Gasteiger partial charge in [-0.2, -0.15) is 0 Å². The normalized spacial score (nSPS) is 12.1. The third-order valence-electron chi connectivity index (χ3n) is 2.53. The molecule has 0 fully saturated rings. The fourth-order valence-corrected chi connectivity index (χ4v) is 1.94. The van der Waals surface area contributed by atoms with Gasteiger partial charge in [-0.1, -0.05) is 22.9 Å². The Morgan fingerprint density at radius 1 is 1.59 bits per heavy atom. The molecule has 17 heavy (non-hydrogen) atoms. The van der Waals surface area contributed by atoms with Gasteiger partial charge < -0.3 is 15.8 Å². The van der Waals surface area contributed by atoms with E-state index in [1.807, 2.05) is 19.1 Å². The quantitative estimate of drug-likeness (QED) is 0.897. The van der Waals surface area contributed by atoms with E-state index in [2.05, 4.69) is 21.2 Å². The van der Waals surface area contributed by atoms with Crippen molar-refractivity contribution >= 4 is 27.5 Å². The maximum absolute atomic E-state index is 11.8. The summed E-state index contributed by atoms with van der Waals surface area (Å²) in [6.45, 7) is 4.02. The zero-order valence-electron chi connectivity index (χ0n) is 10.2. The van der Waals surface area contributed by atoms with Crippen LogP contribution in [0.4, 0.5) is 5.69 Å². The van der Waals surface area contributed by atoms with Crippen LogP contribution in [0, 0.1) is 12.8 Å². The highest BCUT2D eigenvalue weighted by molar-refractivity contribution is 9.10. The highest BCUT2D eigenvalue weighted by Crippen LogP contribution is 2.32. The summed E-state index contributed by atoms with van der Waals surface area (Å²) in [4.78, 5) is 11.8. The first kappa shape index (κ1) is 14.0. The molecule has 0 aliphatic rings. The maximum atomic E-state index is 11.8. The highest BCUT2D eigenvalue weighted by atomic mass is 79.9. The second-order valence-electron chi connectivity index (χ2n) is 3.93. The molecule has 1 atom stereocenters. The van der Waals surface area contributed by atoms with Gasteiger partial charge in [0, 0.05) is 16.9 Å². The van der Waals surface area contributed by atoms with Crippen LogP contribution in [0.25, 0.3) is 0 Å². The molecular formula is C12H17BrN2O2. The number of nitrogens with one attached hydrogen (secondary N) is 1. The third-order valence-corrected chi connectivity index (χ3v) is 2.99. The Labute approximate surface area is 110 Å². The number of nitrogens with two attached hydrogens (primary N) is 1. The Morgan fingerprint density at radius 3 is 2.76 bits per heavy atom. The number of carbonyl (C=O) groups is 1. The van der Waals surface area contributed by atoms with Gasteiger partial charge in [-0.15, -0.1) is 0 Å². The van der Waals surface area contributed by atoms with Crippen LogP contribution in [0.3, 0.4) is 0 Å². The molecule has 1 unspecified atom stereocenters. The Bertz CT molecular complexity index is 421. The third kappa shape index (κ3) is 3.44. The van der Waals surface area contributed by atoms with Crippen molar-refractivity contribution in [3.63, 3.8) is 0 Å². The molecule has 5 heteroatoms. The molecule has 1 aromatic rings. The average molecular weight is 301 g/mol. The van der Waals surface area contributed by atoms with Crippen molar-refractivity contribution in [2.45, 2.75) is 13.8 Å². The zero-order valence-corrected chi connectivity index (χ0v) is 11.8. The second-order valence-corrected chi connectivity index (χ2v) is 4.84. The van der Waals surface area contributed by atoms with Crippen LogP contribution >= 0.6 is 15.9 Å². The molecule has 0 bridgehead atoms. The molecule has 1 rings (SSSR count). The summed E-state index contributed by atoms with van der Waals surface area (Å²) < 4.78 is 6.16. The Hall–Kier alpha value is -1.07. The zero-order chi connectivity index (χ0) is 13.0. The summed E-state index contributed by atoms with van der Waals surface area (Å²) in [5.74, 6) is 0.313. The summed E-state index contributed by atoms with van der Waals surface area (Å²) in [6.07, 6.45) is 0. The van der Waals surface area contributed by atoms with E-state index in [0.717, 1.165) is 10.0 Å². The van der Waals surface area contributed by atoms with E-state index in [1.165, 1.54) is 0 Å². The Balaban J connectivity index is 3.01. The number of rotatable bonds is 4. The predicted octanol–water partition coefficient (Wildman–Crippen LogP) is 2.30. The molecule has 94 valence electrons. The van der Waals surface area contributed by atoms with Gasteiger partial charge in [-0.05, 0) is 24.6 Å². The van der Waals surface area contributed by atoms with Crippen molar-refractivity contribution < 1.29 is 9.53 Å². The molecule has 0 saturated heterocycles.